The maximum absolute atomic E-state index is 13.2. The van der Waals surface area contributed by atoms with Gasteiger partial charge in [0.15, 0.2) is 0 Å². The first kappa shape index (κ1) is 26.5. The molecule has 0 unspecified atom stereocenters. The number of nitrogens with zero attached hydrogens (tertiary/aromatic N) is 1. The van der Waals surface area contributed by atoms with Gasteiger partial charge in [-0.25, -0.2) is 4.79 Å². The predicted octanol–water partition coefficient (Wildman–Crippen LogP) is 3.76. The van der Waals surface area contributed by atoms with E-state index in [1.807, 2.05) is 0 Å². The van der Waals surface area contributed by atoms with Gasteiger partial charge in [-0.15, -0.1) is 0 Å². The third-order valence-electron chi connectivity index (χ3n) is 6.51. The summed E-state index contributed by atoms with van der Waals surface area (Å²) in [4.78, 5) is 14.1. The standard InChI is InChI=1S/C24H24F3NO8S/c1-32-16-7-5-6-15(10-16)23-12-18(36-37(30,31)24(25,26)27)13-28(22(29)35-4)20(23)9-14-8-17(33-2)11-19(34-3)21(14)23/h5-8,10-12,20H,9,13H2,1-4H3/t20-,23+/m0/s1. The van der Waals surface area contributed by atoms with Crippen LogP contribution in [-0.4, -0.2) is 65.9 Å². The molecule has 1 aliphatic carbocycles. The minimum Gasteiger partial charge on any atom is -0.497 e. The first-order valence-corrected chi connectivity index (χ1v) is 12.3. The van der Waals surface area contributed by atoms with Crippen LogP contribution in [0.15, 0.2) is 48.2 Å². The molecule has 0 N–H and O–H groups in total. The van der Waals surface area contributed by atoms with Crippen LogP contribution >= 0.6 is 0 Å². The van der Waals surface area contributed by atoms with Crippen LogP contribution in [0.4, 0.5) is 18.0 Å². The fourth-order valence-electron chi connectivity index (χ4n) is 5.04. The number of fused-ring (bicyclic) bond motifs is 3. The Bertz CT molecular complexity index is 1360. The highest BCUT2D eigenvalue weighted by Crippen LogP contribution is 2.55. The molecule has 0 radical (unpaired) electrons. The van der Waals surface area contributed by atoms with Crippen molar-refractivity contribution in [2.24, 2.45) is 0 Å². The van der Waals surface area contributed by atoms with Crippen molar-refractivity contribution in [3.05, 3.63) is 64.9 Å². The molecule has 2 aliphatic rings. The van der Waals surface area contributed by atoms with Gasteiger partial charge >= 0.3 is 21.7 Å². The van der Waals surface area contributed by atoms with Gasteiger partial charge < -0.3 is 23.1 Å². The van der Waals surface area contributed by atoms with E-state index in [0.717, 1.165) is 12.0 Å². The summed E-state index contributed by atoms with van der Waals surface area (Å²) in [5.41, 5.74) is -5.40. The third-order valence-corrected chi connectivity index (χ3v) is 7.51. The molecular formula is C24H24F3NO8S. The fraction of sp³-hybridized carbons (Fsp3) is 0.375. The fourth-order valence-corrected chi connectivity index (χ4v) is 5.52. The molecule has 0 bridgehead atoms. The molecule has 1 heterocycles. The lowest BCUT2D eigenvalue weighted by Gasteiger charge is -2.44. The lowest BCUT2D eigenvalue weighted by molar-refractivity contribution is -0.0527. The van der Waals surface area contributed by atoms with Gasteiger partial charge in [0.05, 0.1) is 46.4 Å². The van der Waals surface area contributed by atoms with Gasteiger partial charge in [0.25, 0.3) is 0 Å². The van der Waals surface area contributed by atoms with Gasteiger partial charge in [0, 0.05) is 11.6 Å². The van der Waals surface area contributed by atoms with Crippen molar-refractivity contribution in [3.63, 3.8) is 0 Å². The zero-order valence-corrected chi connectivity index (χ0v) is 21.1. The summed E-state index contributed by atoms with van der Waals surface area (Å²) in [5, 5.41) is 0. The van der Waals surface area contributed by atoms with Crippen LogP contribution in [0.1, 0.15) is 16.7 Å². The van der Waals surface area contributed by atoms with Crippen LogP contribution in [0.5, 0.6) is 17.2 Å². The molecule has 2 aromatic rings. The van der Waals surface area contributed by atoms with E-state index in [1.54, 1.807) is 36.4 Å². The molecule has 1 aliphatic heterocycles. The molecule has 0 saturated carbocycles. The Labute approximate surface area is 211 Å². The number of methoxy groups -OCH3 is 4. The van der Waals surface area contributed by atoms with E-state index < -0.39 is 45.5 Å². The second-order valence-electron chi connectivity index (χ2n) is 8.38. The number of ether oxygens (including phenoxy) is 4. The van der Waals surface area contributed by atoms with E-state index in [1.165, 1.54) is 27.4 Å². The number of amides is 1. The third kappa shape index (κ3) is 4.30. The summed E-state index contributed by atoms with van der Waals surface area (Å²) in [6.07, 6.45) is 0.649. The second kappa shape index (κ2) is 9.36. The SMILES string of the molecule is COC(=O)N1CC(OS(=O)(=O)C(F)(F)F)=C[C@]2(c3cccc(OC)c3)c3c(cc(OC)cc3OC)C[C@H]12. The first-order valence-electron chi connectivity index (χ1n) is 10.9. The number of hydrogen-bond acceptors (Lipinski definition) is 8. The van der Waals surface area contributed by atoms with Crippen LogP contribution < -0.4 is 14.2 Å². The van der Waals surface area contributed by atoms with Crippen molar-refractivity contribution in [3.8, 4) is 17.2 Å². The lowest BCUT2D eigenvalue weighted by Crippen LogP contribution is -2.55. The Morgan fingerprint density at radius 1 is 1.03 bits per heavy atom. The molecule has 0 spiro atoms. The molecule has 0 saturated heterocycles. The van der Waals surface area contributed by atoms with E-state index in [2.05, 4.69) is 4.18 Å². The molecule has 9 nitrogen and oxygen atoms in total. The average molecular weight is 544 g/mol. The highest BCUT2D eigenvalue weighted by atomic mass is 32.2. The van der Waals surface area contributed by atoms with Gasteiger partial charge in [-0.2, -0.15) is 21.6 Å². The second-order valence-corrected chi connectivity index (χ2v) is 9.91. The zero-order valence-electron chi connectivity index (χ0n) is 20.3. The van der Waals surface area contributed by atoms with Crippen molar-refractivity contribution < 1.29 is 49.5 Å². The normalized spacial score (nSPS) is 20.9. The molecule has 0 aromatic heterocycles. The number of halogens is 3. The summed E-state index contributed by atoms with van der Waals surface area (Å²) in [5.74, 6) is 0.605. The molecule has 37 heavy (non-hydrogen) atoms. The van der Waals surface area contributed by atoms with E-state index in [-0.39, 0.29) is 6.42 Å². The quantitative estimate of drug-likeness (QED) is 0.401. The van der Waals surface area contributed by atoms with Crippen molar-refractivity contribution in [1.29, 1.82) is 0 Å². The average Bonchev–Trinajstić information content (AvgIpc) is 3.21. The molecule has 2 aromatic carbocycles. The van der Waals surface area contributed by atoms with Crippen molar-refractivity contribution in [2.45, 2.75) is 23.4 Å². The topological polar surface area (TPSA) is 101 Å². The summed E-state index contributed by atoms with van der Waals surface area (Å²) in [7, 11) is -0.582. The summed E-state index contributed by atoms with van der Waals surface area (Å²) in [6, 6.07) is 9.28. The zero-order chi connectivity index (χ0) is 27.2. The summed E-state index contributed by atoms with van der Waals surface area (Å²) >= 11 is 0. The number of benzene rings is 2. The van der Waals surface area contributed by atoms with Crippen molar-refractivity contribution >= 4 is 16.2 Å². The number of carbonyl (C=O) groups is 1. The summed E-state index contributed by atoms with van der Waals surface area (Å²) < 4.78 is 89.6. The minimum atomic E-state index is -6.03. The minimum absolute atomic E-state index is 0.227. The Hall–Kier alpha value is -3.61. The van der Waals surface area contributed by atoms with Gasteiger partial charge in [-0.05, 0) is 41.8 Å². The molecule has 13 heteroatoms. The van der Waals surface area contributed by atoms with Crippen molar-refractivity contribution in [1.82, 2.24) is 4.90 Å². The Balaban J connectivity index is 2.07. The van der Waals surface area contributed by atoms with Crippen LogP contribution in [-0.2, 0) is 30.9 Å². The molecular weight excluding hydrogens is 519 g/mol. The molecule has 200 valence electrons. The van der Waals surface area contributed by atoms with Crippen LogP contribution in [0.25, 0.3) is 0 Å². The Kier molecular flexibility index (Phi) is 6.69. The van der Waals surface area contributed by atoms with E-state index in [4.69, 9.17) is 18.9 Å². The maximum atomic E-state index is 13.2. The summed E-state index contributed by atoms with van der Waals surface area (Å²) in [6.45, 7) is -0.578. The van der Waals surface area contributed by atoms with E-state index in [9.17, 15) is 26.4 Å². The number of carbonyl (C=O) groups excluding carboxylic acids is 1. The first-order chi connectivity index (χ1) is 17.4. The number of hydrogen-bond donors (Lipinski definition) is 0. The van der Waals surface area contributed by atoms with Gasteiger partial charge in [0.2, 0.25) is 0 Å². The van der Waals surface area contributed by atoms with Crippen LogP contribution in [0.3, 0.4) is 0 Å². The van der Waals surface area contributed by atoms with E-state index in [0.29, 0.717) is 33.9 Å². The Morgan fingerprint density at radius 3 is 2.32 bits per heavy atom. The smallest absolute Gasteiger partial charge is 0.497 e. The largest absolute Gasteiger partial charge is 0.534 e. The van der Waals surface area contributed by atoms with Crippen LogP contribution in [0.2, 0.25) is 0 Å². The van der Waals surface area contributed by atoms with Gasteiger partial charge in [0.1, 0.15) is 23.0 Å². The molecule has 0 fully saturated rings. The van der Waals surface area contributed by atoms with Gasteiger partial charge in [-0.3, -0.25) is 4.90 Å². The number of alkyl halides is 3. The maximum Gasteiger partial charge on any atom is 0.534 e. The van der Waals surface area contributed by atoms with Crippen LogP contribution in [0, 0.1) is 0 Å². The molecule has 4 rings (SSSR count). The molecule has 1 amide bonds. The highest BCUT2D eigenvalue weighted by molar-refractivity contribution is 7.87. The van der Waals surface area contributed by atoms with Crippen molar-refractivity contribution in [2.75, 3.05) is 35.0 Å². The Morgan fingerprint density at radius 2 is 1.73 bits per heavy atom. The lowest BCUT2D eigenvalue weighted by atomic mass is 9.70. The predicted molar refractivity (Wildman–Crippen MR) is 124 cm³/mol. The highest BCUT2D eigenvalue weighted by Gasteiger charge is 2.57. The van der Waals surface area contributed by atoms with Gasteiger partial charge in [-0.1, -0.05) is 12.1 Å². The monoisotopic (exact) mass is 543 g/mol. The van der Waals surface area contributed by atoms with E-state index >= 15 is 0 Å². The molecule has 2 atom stereocenters. The number of rotatable bonds is 6.